The van der Waals surface area contributed by atoms with Crippen LogP contribution in [0.15, 0.2) is 0 Å². The van der Waals surface area contributed by atoms with Gasteiger partial charge in [0.1, 0.15) is 0 Å². The van der Waals surface area contributed by atoms with E-state index in [4.69, 9.17) is 0 Å². The SMILES string of the molecule is CCCCC(C)NC1CCCNC1=O. The summed E-state index contributed by atoms with van der Waals surface area (Å²) < 4.78 is 0. The summed E-state index contributed by atoms with van der Waals surface area (Å²) in [5, 5.41) is 6.28. The van der Waals surface area contributed by atoms with Crippen molar-refractivity contribution >= 4 is 5.91 Å². The number of carbonyl (C=O) groups is 1. The van der Waals surface area contributed by atoms with E-state index < -0.39 is 0 Å². The molecule has 14 heavy (non-hydrogen) atoms. The van der Waals surface area contributed by atoms with Crippen LogP contribution >= 0.6 is 0 Å². The molecule has 1 amide bonds. The highest BCUT2D eigenvalue weighted by Gasteiger charge is 2.22. The molecule has 1 aliphatic heterocycles. The van der Waals surface area contributed by atoms with Crippen LogP contribution in [0.2, 0.25) is 0 Å². The van der Waals surface area contributed by atoms with E-state index in [0.717, 1.165) is 19.4 Å². The van der Waals surface area contributed by atoms with E-state index in [9.17, 15) is 4.79 Å². The molecule has 0 spiro atoms. The van der Waals surface area contributed by atoms with Crippen LogP contribution in [0.4, 0.5) is 0 Å². The molecule has 0 aliphatic carbocycles. The van der Waals surface area contributed by atoms with Crippen LogP contribution in [0.3, 0.4) is 0 Å². The van der Waals surface area contributed by atoms with Crippen molar-refractivity contribution in [3.05, 3.63) is 0 Å². The molecule has 1 saturated heterocycles. The lowest BCUT2D eigenvalue weighted by Gasteiger charge is -2.26. The predicted octanol–water partition coefficient (Wildman–Crippen LogP) is 1.43. The Bertz CT molecular complexity index is 182. The maximum Gasteiger partial charge on any atom is 0.237 e. The highest BCUT2D eigenvalue weighted by atomic mass is 16.2. The van der Waals surface area contributed by atoms with Crippen LogP contribution in [-0.4, -0.2) is 24.5 Å². The monoisotopic (exact) mass is 198 g/mol. The Labute approximate surface area is 86.6 Å². The van der Waals surface area contributed by atoms with Crippen molar-refractivity contribution in [1.82, 2.24) is 10.6 Å². The van der Waals surface area contributed by atoms with Gasteiger partial charge in [0.2, 0.25) is 5.91 Å². The van der Waals surface area contributed by atoms with Crippen molar-refractivity contribution in [2.24, 2.45) is 0 Å². The number of carbonyl (C=O) groups excluding carboxylic acids is 1. The minimum atomic E-state index is 0.0515. The van der Waals surface area contributed by atoms with Gasteiger partial charge >= 0.3 is 0 Å². The fourth-order valence-corrected chi connectivity index (χ4v) is 1.87. The molecule has 1 fully saturated rings. The molecule has 2 unspecified atom stereocenters. The van der Waals surface area contributed by atoms with Crippen LogP contribution in [0.5, 0.6) is 0 Å². The molecule has 0 saturated carbocycles. The second-order valence-corrected chi connectivity index (χ2v) is 4.20. The van der Waals surface area contributed by atoms with Crippen molar-refractivity contribution in [3.63, 3.8) is 0 Å². The summed E-state index contributed by atoms with van der Waals surface area (Å²) in [4.78, 5) is 11.4. The number of hydrogen-bond acceptors (Lipinski definition) is 2. The van der Waals surface area contributed by atoms with Gasteiger partial charge < -0.3 is 10.6 Å². The third kappa shape index (κ3) is 3.66. The molecule has 0 bridgehead atoms. The first kappa shape index (κ1) is 11.5. The van der Waals surface area contributed by atoms with Gasteiger partial charge in [0.25, 0.3) is 0 Å². The summed E-state index contributed by atoms with van der Waals surface area (Å²) in [5.41, 5.74) is 0. The van der Waals surface area contributed by atoms with Crippen molar-refractivity contribution in [2.75, 3.05) is 6.54 Å². The molecule has 1 aliphatic rings. The number of piperidine rings is 1. The molecule has 3 heteroatoms. The first-order valence-electron chi connectivity index (χ1n) is 5.77. The fourth-order valence-electron chi connectivity index (χ4n) is 1.87. The largest absolute Gasteiger partial charge is 0.355 e. The van der Waals surface area contributed by atoms with Crippen LogP contribution < -0.4 is 10.6 Å². The number of hydrogen-bond donors (Lipinski definition) is 2. The van der Waals surface area contributed by atoms with Gasteiger partial charge in [0, 0.05) is 12.6 Å². The van der Waals surface area contributed by atoms with Crippen molar-refractivity contribution < 1.29 is 4.79 Å². The first-order chi connectivity index (χ1) is 6.74. The fraction of sp³-hybridized carbons (Fsp3) is 0.909. The summed E-state index contributed by atoms with van der Waals surface area (Å²) in [6.45, 7) is 5.21. The summed E-state index contributed by atoms with van der Waals surface area (Å²) >= 11 is 0. The summed E-state index contributed by atoms with van der Waals surface area (Å²) in [7, 11) is 0. The zero-order chi connectivity index (χ0) is 10.4. The molecular weight excluding hydrogens is 176 g/mol. The number of rotatable bonds is 5. The van der Waals surface area contributed by atoms with Gasteiger partial charge in [0.15, 0.2) is 0 Å². The van der Waals surface area contributed by atoms with Gasteiger partial charge in [-0.2, -0.15) is 0 Å². The average molecular weight is 198 g/mol. The lowest BCUT2D eigenvalue weighted by Crippen LogP contribution is -2.50. The van der Waals surface area contributed by atoms with Gasteiger partial charge in [-0.05, 0) is 26.2 Å². The van der Waals surface area contributed by atoms with E-state index in [1.54, 1.807) is 0 Å². The Balaban J connectivity index is 2.23. The highest BCUT2D eigenvalue weighted by Crippen LogP contribution is 2.06. The number of nitrogens with one attached hydrogen (secondary N) is 2. The zero-order valence-electron chi connectivity index (χ0n) is 9.31. The molecule has 1 rings (SSSR count). The molecule has 0 aromatic carbocycles. The molecule has 0 aromatic rings. The predicted molar refractivity (Wildman–Crippen MR) is 58.2 cm³/mol. The minimum Gasteiger partial charge on any atom is -0.355 e. The third-order valence-electron chi connectivity index (χ3n) is 2.76. The Morgan fingerprint density at radius 2 is 2.43 bits per heavy atom. The van der Waals surface area contributed by atoms with Crippen molar-refractivity contribution in [3.8, 4) is 0 Å². The van der Waals surface area contributed by atoms with Crippen molar-refractivity contribution in [1.29, 1.82) is 0 Å². The molecule has 82 valence electrons. The molecule has 0 radical (unpaired) electrons. The molecule has 3 nitrogen and oxygen atoms in total. The lowest BCUT2D eigenvalue weighted by atomic mass is 10.0. The zero-order valence-corrected chi connectivity index (χ0v) is 9.31. The Morgan fingerprint density at radius 1 is 1.64 bits per heavy atom. The molecular formula is C11H22N2O. The first-order valence-corrected chi connectivity index (χ1v) is 5.77. The molecule has 2 atom stereocenters. The van der Waals surface area contributed by atoms with E-state index in [2.05, 4.69) is 24.5 Å². The number of amides is 1. The maximum atomic E-state index is 11.4. The van der Waals surface area contributed by atoms with Gasteiger partial charge in [-0.1, -0.05) is 19.8 Å². The number of unbranched alkanes of at least 4 members (excludes halogenated alkanes) is 1. The van der Waals surface area contributed by atoms with Crippen LogP contribution in [0, 0.1) is 0 Å². The Hall–Kier alpha value is -0.570. The van der Waals surface area contributed by atoms with Gasteiger partial charge in [-0.3, -0.25) is 4.79 Å². The quantitative estimate of drug-likeness (QED) is 0.701. The van der Waals surface area contributed by atoms with E-state index in [0.29, 0.717) is 6.04 Å². The normalized spacial score (nSPS) is 24.4. The third-order valence-corrected chi connectivity index (χ3v) is 2.76. The minimum absolute atomic E-state index is 0.0515. The highest BCUT2D eigenvalue weighted by molar-refractivity contribution is 5.82. The molecule has 0 aromatic heterocycles. The van der Waals surface area contributed by atoms with Crippen molar-refractivity contribution in [2.45, 2.75) is 58.0 Å². The van der Waals surface area contributed by atoms with Gasteiger partial charge in [-0.25, -0.2) is 0 Å². The maximum absolute atomic E-state index is 11.4. The van der Waals surface area contributed by atoms with Crippen LogP contribution in [0.1, 0.15) is 46.0 Å². The van der Waals surface area contributed by atoms with E-state index >= 15 is 0 Å². The average Bonchev–Trinajstić information content (AvgIpc) is 2.18. The van der Waals surface area contributed by atoms with Gasteiger partial charge in [-0.15, -0.1) is 0 Å². The Kier molecular flexibility index (Phi) is 4.94. The molecule has 2 N–H and O–H groups in total. The summed E-state index contributed by atoms with van der Waals surface area (Å²) in [5.74, 6) is 0.180. The van der Waals surface area contributed by atoms with Crippen LogP contribution in [0.25, 0.3) is 0 Å². The second-order valence-electron chi connectivity index (χ2n) is 4.20. The summed E-state index contributed by atoms with van der Waals surface area (Å²) in [6.07, 6.45) is 5.72. The lowest BCUT2D eigenvalue weighted by molar-refractivity contribution is -0.124. The standard InChI is InChI=1S/C11H22N2O/c1-3-4-6-9(2)13-10-7-5-8-12-11(10)14/h9-10,13H,3-8H2,1-2H3,(H,12,14). The molecule has 1 heterocycles. The Morgan fingerprint density at radius 3 is 3.07 bits per heavy atom. The van der Waals surface area contributed by atoms with E-state index in [-0.39, 0.29) is 11.9 Å². The van der Waals surface area contributed by atoms with E-state index in [1.807, 2.05) is 0 Å². The van der Waals surface area contributed by atoms with Crippen LogP contribution in [-0.2, 0) is 4.79 Å². The second kappa shape index (κ2) is 6.02. The smallest absolute Gasteiger partial charge is 0.237 e. The topological polar surface area (TPSA) is 41.1 Å². The van der Waals surface area contributed by atoms with Gasteiger partial charge in [0.05, 0.1) is 6.04 Å². The summed E-state index contributed by atoms with van der Waals surface area (Å²) in [6, 6.07) is 0.513. The van der Waals surface area contributed by atoms with E-state index in [1.165, 1.54) is 19.3 Å².